The first kappa shape index (κ1) is 18.8. The van der Waals surface area contributed by atoms with E-state index in [2.05, 4.69) is 18.2 Å². The summed E-state index contributed by atoms with van der Waals surface area (Å²) in [5.41, 5.74) is 3.24. The molecule has 0 N–H and O–H groups in total. The minimum Gasteiger partial charge on any atom is -0.488 e. The third kappa shape index (κ3) is 4.32. The van der Waals surface area contributed by atoms with Crippen LogP contribution in [0.1, 0.15) is 16.7 Å². The van der Waals surface area contributed by atoms with Crippen molar-refractivity contribution >= 4 is 34.0 Å². The van der Waals surface area contributed by atoms with Crippen molar-refractivity contribution in [3.8, 4) is 11.8 Å². The molecule has 0 radical (unpaired) electrons. The SMILES string of the molecule is N#C/C(=C/c1ccccc1OCc1ccccc1Cl)c1ccc2ccccc2c1. The van der Waals surface area contributed by atoms with Crippen LogP contribution in [0.25, 0.3) is 22.4 Å². The van der Waals surface area contributed by atoms with Crippen LogP contribution in [0.5, 0.6) is 5.75 Å². The second-order valence-corrected chi connectivity index (χ2v) is 7.06. The van der Waals surface area contributed by atoms with Crippen molar-refractivity contribution in [2.45, 2.75) is 6.61 Å². The first-order valence-electron chi connectivity index (χ1n) is 9.31. The molecular weight excluding hydrogens is 378 g/mol. The summed E-state index contributed by atoms with van der Waals surface area (Å²) in [5, 5.41) is 12.7. The first-order valence-corrected chi connectivity index (χ1v) is 9.68. The maximum absolute atomic E-state index is 9.77. The molecule has 140 valence electrons. The predicted molar refractivity (Wildman–Crippen MR) is 120 cm³/mol. The van der Waals surface area contributed by atoms with E-state index in [1.165, 1.54) is 0 Å². The normalized spacial score (nSPS) is 11.2. The number of fused-ring (bicyclic) bond motifs is 1. The molecule has 0 amide bonds. The number of benzene rings is 4. The number of allylic oxidation sites excluding steroid dienone is 1. The van der Waals surface area contributed by atoms with Crippen LogP contribution in [0.4, 0.5) is 0 Å². The Morgan fingerprint density at radius 1 is 0.862 bits per heavy atom. The van der Waals surface area contributed by atoms with Gasteiger partial charge in [0.1, 0.15) is 12.4 Å². The number of hydrogen-bond acceptors (Lipinski definition) is 2. The molecule has 4 rings (SSSR count). The van der Waals surface area contributed by atoms with Crippen molar-refractivity contribution in [1.29, 1.82) is 5.26 Å². The Morgan fingerprint density at radius 3 is 2.41 bits per heavy atom. The zero-order chi connectivity index (χ0) is 20.1. The molecule has 0 aliphatic rings. The molecule has 0 unspecified atom stereocenters. The number of hydrogen-bond donors (Lipinski definition) is 0. The van der Waals surface area contributed by atoms with Gasteiger partial charge < -0.3 is 4.74 Å². The quantitative estimate of drug-likeness (QED) is 0.266. The van der Waals surface area contributed by atoms with Gasteiger partial charge in [-0.3, -0.25) is 0 Å². The van der Waals surface area contributed by atoms with Crippen LogP contribution in [-0.2, 0) is 6.61 Å². The molecule has 4 aromatic carbocycles. The topological polar surface area (TPSA) is 33.0 Å². The van der Waals surface area contributed by atoms with Gasteiger partial charge in [0.15, 0.2) is 0 Å². The number of ether oxygens (including phenoxy) is 1. The van der Waals surface area contributed by atoms with E-state index in [1.807, 2.05) is 84.9 Å². The van der Waals surface area contributed by atoms with Crippen molar-refractivity contribution in [3.63, 3.8) is 0 Å². The molecule has 0 spiro atoms. The predicted octanol–water partition coefficient (Wildman–Crippen LogP) is 7.14. The van der Waals surface area contributed by atoms with Crippen LogP contribution >= 0.6 is 11.6 Å². The summed E-state index contributed by atoms with van der Waals surface area (Å²) in [6.45, 7) is 0.363. The van der Waals surface area contributed by atoms with E-state index in [4.69, 9.17) is 16.3 Å². The molecular formula is C26H18ClNO. The second kappa shape index (κ2) is 8.65. The van der Waals surface area contributed by atoms with Gasteiger partial charge in [-0.2, -0.15) is 5.26 Å². The summed E-state index contributed by atoms with van der Waals surface area (Å²) in [5.74, 6) is 0.709. The van der Waals surface area contributed by atoms with Gasteiger partial charge in [-0.25, -0.2) is 0 Å². The fraction of sp³-hybridized carbons (Fsp3) is 0.0385. The van der Waals surface area contributed by atoms with Gasteiger partial charge in [-0.05, 0) is 40.6 Å². The molecule has 0 saturated heterocycles. The van der Waals surface area contributed by atoms with Gasteiger partial charge in [0.2, 0.25) is 0 Å². The van der Waals surface area contributed by atoms with Crippen LogP contribution in [-0.4, -0.2) is 0 Å². The van der Waals surface area contributed by atoms with Crippen LogP contribution in [0.3, 0.4) is 0 Å². The average Bonchev–Trinajstić information content (AvgIpc) is 2.77. The lowest BCUT2D eigenvalue weighted by Crippen LogP contribution is -1.97. The highest BCUT2D eigenvalue weighted by molar-refractivity contribution is 6.31. The summed E-state index contributed by atoms with van der Waals surface area (Å²) < 4.78 is 6.02. The van der Waals surface area contributed by atoms with E-state index >= 15 is 0 Å². The Labute approximate surface area is 175 Å². The lowest BCUT2D eigenvalue weighted by molar-refractivity contribution is 0.305. The van der Waals surface area contributed by atoms with Gasteiger partial charge in [0.25, 0.3) is 0 Å². The molecule has 0 aromatic heterocycles. The number of rotatable bonds is 5. The van der Waals surface area contributed by atoms with Gasteiger partial charge in [0, 0.05) is 16.1 Å². The summed E-state index contributed by atoms with van der Waals surface area (Å²) >= 11 is 6.23. The fourth-order valence-corrected chi connectivity index (χ4v) is 3.38. The Balaban J connectivity index is 1.65. The number of para-hydroxylation sites is 1. The largest absolute Gasteiger partial charge is 0.488 e. The molecule has 0 aliphatic carbocycles. The number of nitriles is 1. The second-order valence-electron chi connectivity index (χ2n) is 6.65. The van der Waals surface area contributed by atoms with E-state index in [9.17, 15) is 5.26 Å². The molecule has 0 saturated carbocycles. The Morgan fingerprint density at radius 2 is 1.59 bits per heavy atom. The highest BCUT2D eigenvalue weighted by atomic mass is 35.5. The lowest BCUT2D eigenvalue weighted by Gasteiger charge is -2.11. The smallest absolute Gasteiger partial charge is 0.127 e. The van der Waals surface area contributed by atoms with E-state index in [-0.39, 0.29) is 0 Å². The van der Waals surface area contributed by atoms with Crippen molar-refractivity contribution in [1.82, 2.24) is 0 Å². The van der Waals surface area contributed by atoms with Crippen molar-refractivity contribution in [3.05, 3.63) is 113 Å². The summed E-state index contributed by atoms with van der Waals surface area (Å²) in [6.07, 6.45) is 1.87. The molecule has 3 heteroatoms. The molecule has 0 fully saturated rings. The zero-order valence-corrected chi connectivity index (χ0v) is 16.4. The highest BCUT2D eigenvalue weighted by Crippen LogP contribution is 2.27. The minimum absolute atomic E-state index is 0.363. The van der Waals surface area contributed by atoms with Crippen molar-refractivity contribution in [2.75, 3.05) is 0 Å². The third-order valence-corrected chi connectivity index (χ3v) is 5.11. The van der Waals surface area contributed by atoms with Crippen LogP contribution in [0, 0.1) is 11.3 Å². The standard InChI is InChI=1S/C26H18ClNO/c27-25-11-5-3-10-23(25)18-29-26-12-6-4-9-22(26)16-24(17-28)21-14-13-19-7-1-2-8-20(19)15-21/h1-16H,18H2/b24-16-. The number of nitrogens with zero attached hydrogens (tertiary/aromatic N) is 1. The summed E-state index contributed by atoms with van der Waals surface area (Å²) in [7, 11) is 0. The van der Waals surface area contributed by atoms with Crippen molar-refractivity contribution < 1.29 is 4.74 Å². The van der Waals surface area contributed by atoms with E-state index < -0.39 is 0 Å². The van der Waals surface area contributed by atoms with Gasteiger partial charge in [-0.1, -0.05) is 84.4 Å². The van der Waals surface area contributed by atoms with Gasteiger partial charge in [0.05, 0.1) is 11.6 Å². The van der Waals surface area contributed by atoms with Crippen LogP contribution < -0.4 is 4.74 Å². The maximum Gasteiger partial charge on any atom is 0.127 e. The monoisotopic (exact) mass is 395 g/mol. The molecule has 0 atom stereocenters. The van der Waals surface area contributed by atoms with Gasteiger partial charge in [-0.15, -0.1) is 0 Å². The van der Waals surface area contributed by atoms with Crippen molar-refractivity contribution in [2.24, 2.45) is 0 Å². The summed E-state index contributed by atoms with van der Waals surface area (Å²) in [6, 6.07) is 31.8. The average molecular weight is 396 g/mol. The Kier molecular flexibility index (Phi) is 5.61. The Hall–Kier alpha value is -3.54. The number of halogens is 1. The van der Waals surface area contributed by atoms with E-state index in [1.54, 1.807) is 0 Å². The van der Waals surface area contributed by atoms with Crippen LogP contribution in [0.15, 0.2) is 91.0 Å². The Bertz CT molecular complexity index is 1240. The third-order valence-electron chi connectivity index (χ3n) is 4.74. The zero-order valence-electron chi connectivity index (χ0n) is 15.7. The molecule has 0 aliphatic heterocycles. The fourth-order valence-electron chi connectivity index (χ4n) is 3.19. The molecule has 0 bridgehead atoms. The van der Waals surface area contributed by atoms with Crippen LogP contribution in [0.2, 0.25) is 5.02 Å². The maximum atomic E-state index is 9.77. The highest BCUT2D eigenvalue weighted by Gasteiger charge is 2.07. The molecule has 29 heavy (non-hydrogen) atoms. The minimum atomic E-state index is 0.363. The first-order chi connectivity index (χ1) is 14.2. The van der Waals surface area contributed by atoms with E-state index in [0.717, 1.165) is 27.5 Å². The lowest BCUT2D eigenvalue weighted by atomic mass is 10.00. The van der Waals surface area contributed by atoms with Gasteiger partial charge >= 0.3 is 0 Å². The molecule has 0 heterocycles. The summed E-state index contributed by atoms with van der Waals surface area (Å²) in [4.78, 5) is 0. The molecule has 2 nitrogen and oxygen atoms in total. The van der Waals surface area contributed by atoms with E-state index in [0.29, 0.717) is 23.0 Å². The molecule has 4 aromatic rings.